The summed E-state index contributed by atoms with van der Waals surface area (Å²) in [6, 6.07) is -0.262. The van der Waals surface area contributed by atoms with Gasteiger partial charge >= 0.3 is 15.5 Å². The van der Waals surface area contributed by atoms with E-state index in [2.05, 4.69) is 15.6 Å². The van der Waals surface area contributed by atoms with Crippen molar-refractivity contribution in [2.24, 2.45) is 4.99 Å². The number of amides is 1. The molecule has 0 aliphatic carbocycles. The Bertz CT molecular complexity index is 647. The quantitative estimate of drug-likeness (QED) is 0.302. The molecule has 0 saturated carbocycles. The van der Waals surface area contributed by atoms with Crippen LogP contribution < -0.4 is 10.6 Å². The second kappa shape index (κ2) is 11.6. The largest absolute Gasteiger partial charge is 0.511 e. The average molecular weight is 446 g/mol. The molecule has 1 heterocycles. The number of hydrogen-bond donors (Lipinski definition) is 2. The number of likely N-dealkylation sites (N-methyl/N-ethyl adjacent to an activating group) is 1. The van der Waals surface area contributed by atoms with Gasteiger partial charge in [0.25, 0.3) is 0 Å². The fraction of sp³-hybridized carbons (Fsp3) is 0.875. The molecule has 0 bridgehead atoms. The zero-order valence-corrected chi connectivity index (χ0v) is 17.8. The standard InChI is InChI=1S/C16H30F3N5O4S/c1-4-28-11-5-8-20-15(21-12-14(25)23(2)3)22-13-6-9-24(10-7-13)29(26,27)16(17,18)19/h13H,4-12H2,1-3H3,(H2,20,21,22). The van der Waals surface area contributed by atoms with Crippen LogP contribution in [0.3, 0.4) is 0 Å². The molecule has 0 radical (unpaired) electrons. The Morgan fingerprint density at radius 3 is 2.41 bits per heavy atom. The van der Waals surface area contributed by atoms with E-state index in [9.17, 15) is 26.4 Å². The maximum Gasteiger partial charge on any atom is 0.511 e. The van der Waals surface area contributed by atoms with E-state index in [1.807, 2.05) is 6.92 Å². The van der Waals surface area contributed by atoms with E-state index < -0.39 is 15.5 Å². The van der Waals surface area contributed by atoms with E-state index in [1.165, 1.54) is 4.90 Å². The molecular formula is C16H30F3N5O4S. The Morgan fingerprint density at radius 2 is 1.90 bits per heavy atom. The van der Waals surface area contributed by atoms with Crippen molar-refractivity contribution in [2.45, 2.75) is 37.7 Å². The van der Waals surface area contributed by atoms with Crippen LogP contribution in [-0.2, 0) is 19.6 Å². The SMILES string of the molecule is CCOCCCNC(=NCC(=O)N(C)C)NC1CCN(S(=O)(=O)C(F)(F)F)CC1. The molecule has 0 atom stereocenters. The molecule has 9 nitrogen and oxygen atoms in total. The topological polar surface area (TPSA) is 103 Å². The van der Waals surface area contributed by atoms with Crippen LogP contribution in [0.25, 0.3) is 0 Å². The Labute approximate surface area is 169 Å². The highest BCUT2D eigenvalue weighted by molar-refractivity contribution is 7.90. The number of guanidine groups is 1. The number of carbonyl (C=O) groups excluding carboxylic acids is 1. The fourth-order valence-corrected chi connectivity index (χ4v) is 3.53. The molecule has 1 rings (SSSR count). The molecule has 1 aliphatic rings. The lowest BCUT2D eigenvalue weighted by Gasteiger charge is -2.32. The average Bonchev–Trinajstić information content (AvgIpc) is 2.64. The van der Waals surface area contributed by atoms with Gasteiger partial charge in [0.05, 0.1) is 0 Å². The van der Waals surface area contributed by atoms with Crippen molar-refractivity contribution >= 4 is 21.9 Å². The van der Waals surface area contributed by atoms with Gasteiger partial charge in [0.1, 0.15) is 6.54 Å². The maximum atomic E-state index is 12.7. The van der Waals surface area contributed by atoms with Crippen LogP contribution >= 0.6 is 0 Å². The number of aliphatic imine (C=N–C) groups is 1. The van der Waals surface area contributed by atoms with Crippen LogP contribution in [0.5, 0.6) is 0 Å². The minimum atomic E-state index is -5.31. The van der Waals surface area contributed by atoms with Crippen LogP contribution in [0.1, 0.15) is 26.2 Å². The Kier molecular flexibility index (Phi) is 10.1. The van der Waals surface area contributed by atoms with E-state index in [0.717, 1.165) is 0 Å². The van der Waals surface area contributed by atoms with Crippen LogP contribution in [0.4, 0.5) is 13.2 Å². The van der Waals surface area contributed by atoms with Crippen LogP contribution in [-0.4, -0.2) is 94.5 Å². The smallest absolute Gasteiger partial charge is 0.382 e. The molecule has 0 spiro atoms. The molecule has 2 N–H and O–H groups in total. The van der Waals surface area contributed by atoms with Crippen molar-refractivity contribution in [1.29, 1.82) is 0 Å². The highest BCUT2D eigenvalue weighted by Gasteiger charge is 2.50. The summed E-state index contributed by atoms with van der Waals surface area (Å²) in [7, 11) is -2.09. The molecule has 0 aromatic carbocycles. The van der Waals surface area contributed by atoms with Gasteiger partial charge in [-0.25, -0.2) is 13.4 Å². The lowest BCUT2D eigenvalue weighted by molar-refractivity contribution is -0.127. The van der Waals surface area contributed by atoms with E-state index in [1.54, 1.807) is 14.1 Å². The van der Waals surface area contributed by atoms with Gasteiger partial charge in [-0.1, -0.05) is 0 Å². The Morgan fingerprint density at radius 1 is 1.28 bits per heavy atom. The van der Waals surface area contributed by atoms with Gasteiger partial charge in [-0.15, -0.1) is 0 Å². The number of carbonyl (C=O) groups is 1. The first-order chi connectivity index (χ1) is 13.5. The number of rotatable bonds is 9. The summed E-state index contributed by atoms with van der Waals surface area (Å²) in [6.07, 6.45) is 1.09. The van der Waals surface area contributed by atoms with Gasteiger partial charge in [0.15, 0.2) is 5.96 Å². The second-order valence-electron chi connectivity index (χ2n) is 6.70. The first-order valence-electron chi connectivity index (χ1n) is 9.38. The molecule has 1 aliphatic heterocycles. The van der Waals surface area contributed by atoms with Crippen LogP contribution in [0, 0.1) is 0 Å². The van der Waals surface area contributed by atoms with Crippen molar-refractivity contribution in [2.75, 3.05) is 53.5 Å². The first-order valence-corrected chi connectivity index (χ1v) is 10.8. The Hall–Kier alpha value is -1.60. The molecule has 1 saturated heterocycles. The summed E-state index contributed by atoms with van der Waals surface area (Å²) in [6.45, 7) is 3.01. The summed E-state index contributed by atoms with van der Waals surface area (Å²) in [5, 5.41) is 6.14. The summed E-state index contributed by atoms with van der Waals surface area (Å²) in [5.41, 5.74) is -5.30. The second-order valence-corrected chi connectivity index (χ2v) is 8.63. The zero-order valence-electron chi connectivity index (χ0n) is 17.0. The van der Waals surface area contributed by atoms with Gasteiger partial charge in [-0.3, -0.25) is 4.79 Å². The molecule has 1 fully saturated rings. The third-order valence-corrected chi connectivity index (χ3v) is 5.89. The molecule has 170 valence electrons. The van der Waals surface area contributed by atoms with Gasteiger partial charge in [-0.05, 0) is 26.2 Å². The molecule has 0 aromatic heterocycles. The fourth-order valence-electron chi connectivity index (χ4n) is 2.55. The summed E-state index contributed by atoms with van der Waals surface area (Å²) >= 11 is 0. The molecular weight excluding hydrogens is 415 g/mol. The zero-order chi connectivity index (χ0) is 22.1. The third kappa shape index (κ3) is 8.34. The molecule has 13 heteroatoms. The predicted octanol–water partition coefficient (Wildman–Crippen LogP) is 0.350. The van der Waals surface area contributed by atoms with Crippen molar-refractivity contribution < 1.29 is 31.1 Å². The molecule has 0 aromatic rings. The number of alkyl halides is 3. The third-order valence-electron chi connectivity index (χ3n) is 4.26. The molecule has 29 heavy (non-hydrogen) atoms. The van der Waals surface area contributed by atoms with Gasteiger partial charge in [0, 0.05) is 53.0 Å². The lowest BCUT2D eigenvalue weighted by Crippen LogP contribution is -2.52. The van der Waals surface area contributed by atoms with E-state index in [-0.39, 0.29) is 44.4 Å². The molecule has 0 unspecified atom stereocenters. The minimum absolute atomic E-state index is 0.0882. The number of halogens is 3. The van der Waals surface area contributed by atoms with E-state index in [0.29, 0.717) is 36.4 Å². The van der Waals surface area contributed by atoms with E-state index in [4.69, 9.17) is 4.74 Å². The highest BCUT2D eigenvalue weighted by Crippen LogP contribution is 2.28. The number of ether oxygens (including phenoxy) is 1. The highest BCUT2D eigenvalue weighted by atomic mass is 32.2. The monoisotopic (exact) mass is 445 g/mol. The van der Waals surface area contributed by atoms with Crippen molar-refractivity contribution in [3.8, 4) is 0 Å². The van der Waals surface area contributed by atoms with Gasteiger partial charge in [-0.2, -0.15) is 17.5 Å². The summed E-state index contributed by atoms with van der Waals surface area (Å²) in [5.74, 6) is 0.153. The molecule has 1 amide bonds. The number of nitrogens with one attached hydrogen (secondary N) is 2. The van der Waals surface area contributed by atoms with Crippen molar-refractivity contribution in [1.82, 2.24) is 19.8 Å². The number of hydrogen-bond acceptors (Lipinski definition) is 5. The normalized spacial score (nSPS) is 17.2. The van der Waals surface area contributed by atoms with Gasteiger partial charge in [0.2, 0.25) is 5.91 Å². The number of nitrogens with zero attached hydrogens (tertiary/aromatic N) is 3. The predicted molar refractivity (Wildman–Crippen MR) is 103 cm³/mol. The van der Waals surface area contributed by atoms with Crippen LogP contribution in [0.15, 0.2) is 4.99 Å². The number of piperidine rings is 1. The summed E-state index contributed by atoms with van der Waals surface area (Å²) < 4.78 is 66.7. The van der Waals surface area contributed by atoms with Gasteiger partial charge < -0.3 is 20.3 Å². The van der Waals surface area contributed by atoms with Crippen LogP contribution in [0.2, 0.25) is 0 Å². The summed E-state index contributed by atoms with van der Waals surface area (Å²) in [4.78, 5) is 17.4. The first kappa shape index (κ1) is 25.4. The van der Waals surface area contributed by atoms with Crippen molar-refractivity contribution in [3.05, 3.63) is 0 Å². The number of sulfonamides is 1. The lowest BCUT2D eigenvalue weighted by atomic mass is 10.1. The van der Waals surface area contributed by atoms with E-state index >= 15 is 0 Å². The maximum absolute atomic E-state index is 12.7. The Balaban J connectivity index is 2.64. The minimum Gasteiger partial charge on any atom is -0.382 e. The van der Waals surface area contributed by atoms with Crippen molar-refractivity contribution in [3.63, 3.8) is 0 Å².